The lowest BCUT2D eigenvalue weighted by Gasteiger charge is -2.18. The van der Waals surface area contributed by atoms with E-state index in [2.05, 4.69) is 43.4 Å². The van der Waals surface area contributed by atoms with Crippen molar-refractivity contribution in [3.05, 3.63) is 29.8 Å². The molecular weight excluding hydrogens is 266 g/mol. The molecule has 6 nitrogen and oxygen atoms in total. The number of hydrogen-bond acceptors (Lipinski definition) is 6. The van der Waals surface area contributed by atoms with Gasteiger partial charge in [-0.3, -0.25) is 0 Å². The van der Waals surface area contributed by atoms with E-state index < -0.39 is 0 Å². The molecule has 0 radical (unpaired) electrons. The van der Waals surface area contributed by atoms with Crippen molar-refractivity contribution < 1.29 is 4.74 Å². The first-order chi connectivity index (χ1) is 10.2. The van der Waals surface area contributed by atoms with E-state index in [0.717, 1.165) is 18.7 Å². The maximum atomic E-state index is 5.62. The lowest BCUT2D eigenvalue weighted by Crippen LogP contribution is -2.19. The third-order valence-electron chi connectivity index (χ3n) is 3.30. The summed E-state index contributed by atoms with van der Waals surface area (Å²) < 4.78 is 5.62. The number of hydrogen-bond donors (Lipinski definition) is 1. The fourth-order valence-electron chi connectivity index (χ4n) is 2.39. The summed E-state index contributed by atoms with van der Waals surface area (Å²) in [5.41, 5.74) is 2.47. The van der Waals surface area contributed by atoms with Crippen LogP contribution in [0.1, 0.15) is 19.4 Å². The zero-order valence-electron chi connectivity index (χ0n) is 12.5. The summed E-state index contributed by atoms with van der Waals surface area (Å²) in [6, 6.07) is 8.67. The van der Waals surface area contributed by atoms with Gasteiger partial charge in [0, 0.05) is 19.3 Å². The smallest absolute Gasteiger partial charge is 0.323 e. The fourth-order valence-corrected chi connectivity index (χ4v) is 2.39. The summed E-state index contributed by atoms with van der Waals surface area (Å²) in [7, 11) is 1.79. The quantitative estimate of drug-likeness (QED) is 0.930. The van der Waals surface area contributed by atoms with Crippen molar-refractivity contribution in [1.29, 1.82) is 0 Å². The molecule has 0 amide bonds. The predicted molar refractivity (Wildman–Crippen MR) is 82.3 cm³/mol. The van der Waals surface area contributed by atoms with Crippen molar-refractivity contribution >= 4 is 17.6 Å². The van der Waals surface area contributed by atoms with Gasteiger partial charge >= 0.3 is 6.01 Å². The van der Waals surface area contributed by atoms with Gasteiger partial charge < -0.3 is 15.0 Å². The topological polar surface area (TPSA) is 63.2 Å². The lowest BCUT2D eigenvalue weighted by molar-refractivity contribution is 0.222. The molecule has 0 bridgehead atoms. The maximum absolute atomic E-state index is 5.62. The average molecular weight is 285 g/mol. The highest BCUT2D eigenvalue weighted by Crippen LogP contribution is 2.33. The Morgan fingerprint density at radius 1 is 1.19 bits per heavy atom. The summed E-state index contributed by atoms with van der Waals surface area (Å²) in [6.07, 6.45) is 1.02. The number of para-hydroxylation sites is 1. The molecule has 0 saturated carbocycles. The molecule has 2 aromatic rings. The van der Waals surface area contributed by atoms with Crippen LogP contribution >= 0.6 is 0 Å². The fraction of sp³-hybridized carbons (Fsp3) is 0.400. The summed E-state index contributed by atoms with van der Waals surface area (Å²) >= 11 is 0. The third-order valence-corrected chi connectivity index (χ3v) is 3.30. The normalized spacial score (nSPS) is 13.4. The minimum atomic E-state index is 0.0239. The molecule has 0 atom stereocenters. The van der Waals surface area contributed by atoms with Crippen LogP contribution in [-0.2, 0) is 6.42 Å². The molecule has 0 saturated heterocycles. The van der Waals surface area contributed by atoms with Crippen molar-refractivity contribution in [2.45, 2.75) is 26.4 Å². The molecule has 1 aromatic heterocycles. The van der Waals surface area contributed by atoms with Crippen LogP contribution in [0.4, 0.5) is 17.6 Å². The van der Waals surface area contributed by atoms with E-state index in [1.807, 2.05) is 19.9 Å². The molecule has 21 heavy (non-hydrogen) atoms. The molecule has 0 aliphatic carbocycles. The van der Waals surface area contributed by atoms with Crippen molar-refractivity contribution in [2.24, 2.45) is 0 Å². The Morgan fingerprint density at radius 2 is 2.00 bits per heavy atom. The predicted octanol–water partition coefficient (Wildman–Crippen LogP) is 2.39. The lowest BCUT2D eigenvalue weighted by atomic mass is 10.2. The highest BCUT2D eigenvalue weighted by molar-refractivity contribution is 5.66. The van der Waals surface area contributed by atoms with Gasteiger partial charge in [-0.05, 0) is 31.9 Å². The first kappa shape index (κ1) is 13.6. The third kappa shape index (κ3) is 2.74. The standard InChI is InChI=1S/C15H19N5O/c1-10(2)21-15-18-13(16-3)17-14(19-15)20-9-8-11-6-4-5-7-12(11)20/h4-7,10H,8-9H2,1-3H3,(H,16,17,18,19). The first-order valence-corrected chi connectivity index (χ1v) is 7.13. The van der Waals surface area contributed by atoms with Gasteiger partial charge in [0.15, 0.2) is 0 Å². The van der Waals surface area contributed by atoms with Gasteiger partial charge in [0.2, 0.25) is 11.9 Å². The Balaban J connectivity index is 1.99. The van der Waals surface area contributed by atoms with Crippen LogP contribution in [0.25, 0.3) is 0 Å². The Bertz CT molecular complexity index is 644. The van der Waals surface area contributed by atoms with Gasteiger partial charge in [-0.25, -0.2) is 0 Å². The highest BCUT2D eigenvalue weighted by Gasteiger charge is 2.23. The van der Waals surface area contributed by atoms with E-state index in [1.165, 1.54) is 5.56 Å². The molecule has 2 heterocycles. The minimum Gasteiger partial charge on any atom is -0.461 e. The molecule has 1 aliphatic rings. The molecule has 0 spiro atoms. The number of fused-ring (bicyclic) bond motifs is 1. The zero-order valence-corrected chi connectivity index (χ0v) is 12.5. The Morgan fingerprint density at radius 3 is 2.76 bits per heavy atom. The van der Waals surface area contributed by atoms with Gasteiger partial charge in [0.05, 0.1) is 6.10 Å². The second-order valence-electron chi connectivity index (χ2n) is 5.19. The summed E-state index contributed by atoms with van der Waals surface area (Å²) in [4.78, 5) is 15.2. The van der Waals surface area contributed by atoms with Crippen LogP contribution in [0.15, 0.2) is 24.3 Å². The van der Waals surface area contributed by atoms with E-state index in [1.54, 1.807) is 7.05 Å². The van der Waals surface area contributed by atoms with Gasteiger partial charge in [-0.15, -0.1) is 0 Å². The number of aromatic nitrogens is 3. The monoisotopic (exact) mass is 285 g/mol. The number of nitrogens with one attached hydrogen (secondary N) is 1. The van der Waals surface area contributed by atoms with Crippen molar-refractivity contribution in [1.82, 2.24) is 15.0 Å². The Labute approximate surface area is 124 Å². The average Bonchev–Trinajstić information content (AvgIpc) is 2.90. The van der Waals surface area contributed by atoms with Crippen LogP contribution in [0.2, 0.25) is 0 Å². The molecule has 1 aromatic carbocycles. The molecule has 0 unspecified atom stereocenters. The van der Waals surface area contributed by atoms with Gasteiger partial charge in [-0.1, -0.05) is 18.2 Å². The van der Waals surface area contributed by atoms with Crippen molar-refractivity contribution in [3.63, 3.8) is 0 Å². The number of benzene rings is 1. The van der Waals surface area contributed by atoms with E-state index >= 15 is 0 Å². The largest absolute Gasteiger partial charge is 0.461 e. The number of ether oxygens (including phenoxy) is 1. The van der Waals surface area contributed by atoms with E-state index in [4.69, 9.17) is 4.74 Å². The van der Waals surface area contributed by atoms with Gasteiger partial charge in [0.1, 0.15) is 0 Å². The van der Waals surface area contributed by atoms with Crippen LogP contribution in [0, 0.1) is 0 Å². The van der Waals surface area contributed by atoms with Crippen LogP contribution < -0.4 is 15.0 Å². The molecule has 1 N–H and O–H groups in total. The highest BCUT2D eigenvalue weighted by atomic mass is 16.5. The number of rotatable bonds is 4. The van der Waals surface area contributed by atoms with Gasteiger partial charge in [0.25, 0.3) is 0 Å². The van der Waals surface area contributed by atoms with Crippen molar-refractivity contribution in [3.8, 4) is 6.01 Å². The number of anilines is 3. The second kappa shape index (κ2) is 5.55. The molecule has 0 fully saturated rings. The molecule has 3 rings (SSSR count). The SMILES string of the molecule is CNc1nc(OC(C)C)nc(N2CCc3ccccc32)n1. The summed E-state index contributed by atoms with van der Waals surface area (Å²) in [5, 5.41) is 2.96. The van der Waals surface area contributed by atoms with E-state index in [0.29, 0.717) is 17.9 Å². The Kier molecular flexibility index (Phi) is 3.60. The van der Waals surface area contributed by atoms with Crippen molar-refractivity contribution in [2.75, 3.05) is 23.8 Å². The van der Waals surface area contributed by atoms with E-state index in [-0.39, 0.29) is 6.10 Å². The van der Waals surface area contributed by atoms with Crippen LogP contribution in [0.5, 0.6) is 6.01 Å². The summed E-state index contributed by atoms with van der Waals surface area (Å²) in [6.45, 7) is 4.77. The summed E-state index contributed by atoms with van der Waals surface area (Å²) in [5.74, 6) is 1.13. The molecular formula is C15H19N5O. The van der Waals surface area contributed by atoms with Gasteiger partial charge in [-0.2, -0.15) is 15.0 Å². The Hall–Kier alpha value is -2.37. The molecule has 6 heteroatoms. The molecule has 1 aliphatic heterocycles. The molecule has 110 valence electrons. The minimum absolute atomic E-state index is 0.0239. The van der Waals surface area contributed by atoms with Crippen LogP contribution in [-0.4, -0.2) is 34.6 Å². The first-order valence-electron chi connectivity index (χ1n) is 7.13. The van der Waals surface area contributed by atoms with Crippen LogP contribution in [0.3, 0.4) is 0 Å². The zero-order chi connectivity index (χ0) is 14.8. The number of nitrogens with zero attached hydrogens (tertiary/aromatic N) is 4. The van der Waals surface area contributed by atoms with E-state index in [9.17, 15) is 0 Å². The second-order valence-corrected chi connectivity index (χ2v) is 5.19. The maximum Gasteiger partial charge on any atom is 0.323 e.